The molecule has 112 valence electrons. The summed E-state index contributed by atoms with van der Waals surface area (Å²) in [6.07, 6.45) is 0.457. The first-order valence-corrected chi connectivity index (χ1v) is 7.89. The molecule has 6 nitrogen and oxygen atoms in total. The van der Waals surface area contributed by atoms with Crippen molar-refractivity contribution in [2.24, 2.45) is 0 Å². The molecule has 1 amide bonds. The fourth-order valence-corrected chi connectivity index (χ4v) is 3.34. The third-order valence-corrected chi connectivity index (χ3v) is 4.65. The fourth-order valence-electron chi connectivity index (χ4n) is 2.07. The number of nitrogens with one attached hydrogen (secondary N) is 1. The van der Waals surface area contributed by atoms with E-state index in [1.165, 1.54) is 17.0 Å². The summed E-state index contributed by atoms with van der Waals surface area (Å²) in [5.41, 5.74) is 0.488. The van der Waals surface area contributed by atoms with Crippen LogP contribution in [0.4, 0.5) is 0 Å². The number of likely N-dealkylation sites (N-methyl/N-ethyl adjacent to an activating group) is 1. The van der Waals surface area contributed by atoms with Crippen molar-refractivity contribution < 1.29 is 18.3 Å². The Hall–Kier alpha value is -1.88. The van der Waals surface area contributed by atoms with Gasteiger partial charge in [0.25, 0.3) is 0 Å². The minimum absolute atomic E-state index is 0.0505. The van der Waals surface area contributed by atoms with Crippen molar-refractivity contribution in [3.05, 3.63) is 29.8 Å². The van der Waals surface area contributed by atoms with E-state index in [2.05, 4.69) is 16.6 Å². The van der Waals surface area contributed by atoms with Gasteiger partial charge in [-0.1, -0.05) is 17.9 Å². The molecule has 1 aromatic rings. The van der Waals surface area contributed by atoms with E-state index in [1.54, 1.807) is 19.2 Å². The number of carbonyl (C=O) groups is 1. The molecule has 1 aromatic carbocycles. The predicted molar refractivity (Wildman–Crippen MR) is 76.8 cm³/mol. The Morgan fingerprint density at radius 2 is 2.24 bits per heavy atom. The zero-order chi connectivity index (χ0) is 15.5. The molecular formula is C14H16N2O4S. The summed E-state index contributed by atoms with van der Waals surface area (Å²) in [7, 11) is -2.13. The third kappa shape index (κ3) is 3.61. The van der Waals surface area contributed by atoms with Gasteiger partial charge in [-0.2, -0.15) is 4.72 Å². The lowest BCUT2D eigenvalue weighted by molar-refractivity contribution is -0.127. The van der Waals surface area contributed by atoms with Gasteiger partial charge in [0.15, 0.2) is 0 Å². The number of rotatable bonds is 3. The quantitative estimate of drug-likeness (QED) is 0.740. The first kappa shape index (κ1) is 15.5. The third-order valence-electron chi connectivity index (χ3n) is 3.18. The summed E-state index contributed by atoms with van der Waals surface area (Å²) in [5, 5.41) is 8.65. The number of amides is 1. The SMILES string of the molecule is CN1CCC(NS(=O)(=O)c2cccc(C#CCO)c2)C1=O. The summed E-state index contributed by atoms with van der Waals surface area (Å²) in [6.45, 7) is 0.242. The molecule has 1 heterocycles. The zero-order valence-electron chi connectivity index (χ0n) is 11.5. The van der Waals surface area contributed by atoms with Gasteiger partial charge in [-0.25, -0.2) is 8.42 Å². The second-order valence-electron chi connectivity index (χ2n) is 4.71. The maximum absolute atomic E-state index is 12.3. The van der Waals surface area contributed by atoms with Crippen LogP contribution in [0.15, 0.2) is 29.2 Å². The van der Waals surface area contributed by atoms with E-state index in [1.807, 2.05) is 0 Å². The standard InChI is InChI=1S/C14H16N2O4S/c1-16-8-7-13(14(16)18)15-21(19,20)12-6-2-4-11(10-12)5-3-9-17/h2,4,6,10,13,15,17H,7-9H2,1H3. The molecule has 0 bridgehead atoms. The van der Waals surface area contributed by atoms with Crippen molar-refractivity contribution in [2.75, 3.05) is 20.2 Å². The maximum Gasteiger partial charge on any atom is 0.241 e. The van der Waals surface area contributed by atoms with E-state index in [9.17, 15) is 13.2 Å². The van der Waals surface area contributed by atoms with E-state index < -0.39 is 16.1 Å². The van der Waals surface area contributed by atoms with Crippen LogP contribution in [-0.2, 0) is 14.8 Å². The molecular weight excluding hydrogens is 292 g/mol. The highest BCUT2D eigenvalue weighted by molar-refractivity contribution is 7.89. The molecule has 21 heavy (non-hydrogen) atoms. The zero-order valence-corrected chi connectivity index (χ0v) is 12.4. The van der Waals surface area contributed by atoms with Crippen molar-refractivity contribution in [1.29, 1.82) is 0 Å². The number of sulfonamides is 1. The molecule has 1 atom stereocenters. The predicted octanol–water partition coefficient (Wildman–Crippen LogP) is -0.461. The minimum atomic E-state index is -3.78. The molecule has 0 aliphatic carbocycles. The number of nitrogens with zero attached hydrogens (tertiary/aromatic N) is 1. The number of hydrogen-bond donors (Lipinski definition) is 2. The molecule has 2 rings (SSSR count). The molecule has 1 aliphatic heterocycles. The Balaban J connectivity index is 2.22. The lowest BCUT2D eigenvalue weighted by Gasteiger charge is -2.12. The number of aliphatic hydroxyl groups excluding tert-OH is 1. The summed E-state index contributed by atoms with van der Waals surface area (Å²) in [5.74, 6) is 4.88. The maximum atomic E-state index is 12.3. The Morgan fingerprint density at radius 3 is 2.86 bits per heavy atom. The molecule has 1 fully saturated rings. The van der Waals surface area contributed by atoms with E-state index in [-0.39, 0.29) is 17.4 Å². The van der Waals surface area contributed by atoms with Crippen molar-refractivity contribution >= 4 is 15.9 Å². The van der Waals surface area contributed by atoms with Crippen LogP contribution < -0.4 is 4.72 Å². The Morgan fingerprint density at radius 1 is 1.48 bits per heavy atom. The molecule has 2 N–H and O–H groups in total. The summed E-state index contributed by atoms with van der Waals surface area (Å²) >= 11 is 0. The molecule has 1 aliphatic rings. The van der Waals surface area contributed by atoms with Crippen LogP contribution in [-0.4, -0.2) is 50.6 Å². The average molecular weight is 308 g/mol. The molecule has 1 saturated heterocycles. The van der Waals surface area contributed by atoms with Gasteiger partial charge in [0.1, 0.15) is 12.6 Å². The van der Waals surface area contributed by atoms with Crippen LogP contribution in [0.2, 0.25) is 0 Å². The van der Waals surface area contributed by atoms with Crippen LogP contribution >= 0.6 is 0 Å². The van der Waals surface area contributed by atoms with Gasteiger partial charge in [-0.15, -0.1) is 0 Å². The minimum Gasteiger partial charge on any atom is -0.384 e. The van der Waals surface area contributed by atoms with E-state index in [0.29, 0.717) is 18.5 Å². The number of aliphatic hydroxyl groups is 1. The van der Waals surface area contributed by atoms with E-state index >= 15 is 0 Å². The largest absolute Gasteiger partial charge is 0.384 e. The van der Waals surface area contributed by atoms with Gasteiger partial charge in [-0.3, -0.25) is 4.79 Å². The molecule has 1 unspecified atom stereocenters. The van der Waals surface area contributed by atoms with Gasteiger partial charge in [0, 0.05) is 19.2 Å². The first-order chi connectivity index (χ1) is 9.94. The van der Waals surface area contributed by atoms with Crippen LogP contribution in [0.3, 0.4) is 0 Å². The van der Waals surface area contributed by atoms with Crippen LogP contribution in [0.25, 0.3) is 0 Å². The van der Waals surface area contributed by atoms with Crippen molar-refractivity contribution in [1.82, 2.24) is 9.62 Å². The Labute approximate surface area is 123 Å². The van der Waals surface area contributed by atoms with Gasteiger partial charge in [0.05, 0.1) is 4.90 Å². The van der Waals surface area contributed by atoms with Crippen LogP contribution in [0.5, 0.6) is 0 Å². The van der Waals surface area contributed by atoms with Crippen molar-refractivity contribution in [3.63, 3.8) is 0 Å². The lowest BCUT2D eigenvalue weighted by Crippen LogP contribution is -2.40. The fraction of sp³-hybridized carbons (Fsp3) is 0.357. The van der Waals surface area contributed by atoms with Crippen LogP contribution in [0.1, 0.15) is 12.0 Å². The van der Waals surface area contributed by atoms with Gasteiger partial charge < -0.3 is 10.0 Å². The normalized spacial score (nSPS) is 18.5. The molecule has 7 heteroatoms. The molecule has 0 saturated carbocycles. The highest BCUT2D eigenvalue weighted by Gasteiger charge is 2.32. The topological polar surface area (TPSA) is 86.7 Å². The van der Waals surface area contributed by atoms with Crippen molar-refractivity contribution in [3.8, 4) is 11.8 Å². The van der Waals surface area contributed by atoms with Gasteiger partial charge in [0.2, 0.25) is 15.9 Å². The van der Waals surface area contributed by atoms with E-state index in [4.69, 9.17) is 5.11 Å². The molecule has 0 aromatic heterocycles. The van der Waals surface area contributed by atoms with E-state index in [0.717, 1.165) is 0 Å². The van der Waals surface area contributed by atoms with Gasteiger partial charge in [-0.05, 0) is 24.6 Å². The van der Waals surface area contributed by atoms with Crippen molar-refractivity contribution in [2.45, 2.75) is 17.4 Å². The summed E-state index contributed by atoms with van der Waals surface area (Å²) in [6, 6.07) is 5.35. The first-order valence-electron chi connectivity index (χ1n) is 6.41. The number of hydrogen-bond acceptors (Lipinski definition) is 4. The number of carbonyl (C=O) groups excluding carboxylic acids is 1. The average Bonchev–Trinajstić information content (AvgIpc) is 2.77. The van der Waals surface area contributed by atoms with Gasteiger partial charge >= 0.3 is 0 Å². The Kier molecular flexibility index (Phi) is 4.63. The second-order valence-corrected chi connectivity index (χ2v) is 6.42. The Bertz CT molecular complexity index is 703. The highest BCUT2D eigenvalue weighted by Crippen LogP contribution is 2.15. The molecule has 0 radical (unpaired) electrons. The van der Waals surface area contributed by atoms with Crippen LogP contribution in [0, 0.1) is 11.8 Å². The highest BCUT2D eigenvalue weighted by atomic mass is 32.2. The summed E-state index contributed by atoms with van der Waals surface area (Å²) < 4.78 is 27.0. The molecule has 0 spiro atoms. The summed E-state index contributed by atoms with van der Waals surface area (Å²) in [4.78, 5) is 13.3. The monoisotopic (exact) mass is 308 g/mol. The number of benzene rings is 1. The second kappa shape index (κ2) is 6.26. The lowest BCUT2D eigenvalue weighted by atomic mass is 10.2. The smallest absolute Gasteiger partial charge is 0.241 e. The number of likely N-dealkylation sites (tertiary alicyclic amines) is 1.